The van der Waals surface area contributed by atoms with E-state index in [1.54, 1.807) is 17.0 Å². The number of carbonyl (C=O) groups is 2. The molecule has 1 unspecified atom stereocenters. The zero-order chi connectivity index (χ0) is 19.0. The van der Waals surface area contributed by atoms with Crippen LogP contribution in [-0.4, -0.2) is 52.1 Å². The fourth-order valence-corrected chi connectivity index (χ4v) is 3.43. The average Bonchev–Trinajstić information content (AvgIpc) is 3.03. The summed E-state index contributed by atoms with van der Waals surface area (Å²) in [7, 11) is 0. The van der Waals surface area contributed by atoms with E-state index in [1.807, 2.05) is 43.3 Å². The molecule has 4 rings (SSSR count). The highest BCUT2D eigenvalue weighted by atomic mass is 16.5. The predicted molar refractivity (Wildman–Crippen MR) is 101 cm³/mol. The number of rotatable bonds is 3. The van der Waals surface area contributed by atoms with Gasteiger partial charge in [0, 0.05) is 17.8 Å². The summed E-state index contributed by atoms with van der Waals surface area (Å²) < 4.78 is 7.37. The van der Waals surface area contributed by atoms with Crippen molar-refractivity contribution in [3.8, 4) is 5.69 Å². The molecule has 7 nitrogen and oxygen atoms in total. The van der Waals surface area contributed by atoms with Crippen molar-refractivity contribution in [3.63, 3.8) is 0 Å². The number of carbonyl (C=O) groups excluding carboxylic acids is 2. The van der Waals surface area contributed by atoms with Gasteiger partial charge in [-0.15, -0.1) is 0 Å². The molecule has 138 valence electrons. The largest absolute Gasteiger partial charge is 0.367 e. The molecular weight excluding hydrogens is 344 g/mol. The third-order valence-corrected chi connectivity index (χ3v) is 4.75. The van der Waals surface area contributed by atoms with Gasteiger partial charge in [0.05, 0.1) is 24.2 Å². The maximum absolute atomic E-state index is 12.9. The molecule has 1 aliphatic rings. The Bertz CT molecular complexity index is 1010. The van der Waals surface area contributed by atoms with Gasteiger partial charge >= 0.3 is 0 Å². The van der Waals surface area contributed by atoms with Crippen LogP contribution in [0.5, 0.6) is 0 Å². The van der Waals surface area contributed by atoms with E-state index in [-0.39, 0.29) is 12.5 Å². The van der Waals surface area contributed by atoms with Crippen LogP contribution in [0.15, 0.2) is 48.5 Å². The quantitative estimate of drug-likeness (QED) is 0.765. The van der Waals surface area contributed by atoms with Crippen LogP contribution in [-0.2, 0) is 9.53 Å². The fraction of sp³-hybridized carbons (Fsp3) is 0.250. The van der Waals surface area contributed by atoms with E-state index in [1.165, 1.54) is 0 Å². The topological polar surface area (TPSA) is 90.5 Å². The highest BCUT2D eigenvalue weighted by Gasteiger charge is 2.28. The van der Waals surface area contributed by atoms with Gasteiger partial charge in [0.1, 0.15) is 5.82 Å². The Morgan fingerprint density at radius 3 is 2.70 bits per heavy atom. The van der Waals surface area contributed by atoms with Gasteiger partial charge in [-0.05, 0) is 37.3 Å². The number of nitrogens with two attached hydrogens (primary N) is 1. The molecule has 1 saturated heterocycles. The van der Waals surface area contributed by atoms with Crippen LogP contribution in [0.3, 0.4) is 0 Å². The molecule has 0 saturated carbocycles. The summed E-state index contributed by atoms with van der Waals surface area (Å²) in [5.41, 5.74) is 8.55. The number of para-hydroxylation sites is 1. The Kier molecular flexibility index (Phi) is 4.37. The van der Waals surface area contributed by atoms with Crippen molar-refractivity contribution in [2.45, 2.75) is 13.0 Å². The molecule has 1 aromatic heterocycles. The summed E-state index contributed by atoms with van der Waals surface area (Å²) in [6, 6.07) is 15.4. The first-order chi connectivity index (χ1) is 13.0. The molecule has 7 heteroatoms. The summed E-state index contributed by atoms with van der Waals surface area (Å²) in [6.07, 6.45) is -0.758. The number of morpholine rings is 1. The number of hydrogen-bond acceptors (Lipinski definition) is 4. The summed E-state index contributed by atoms with van der Waals surface area (Å²) in [5, 5.41) is 0. The Labute approximate surface area is 156 Å². The van der Waals surface area contributed by atoms with Crippen LogP contribution in [0.1, 0.15) is 16.2 Å². The van der Waals surface area contributed by atoms with Gasteiger partial charge < -0.3 is 15.4 Å². The van der Waals surface area contributed by atoms with Gasteiger partial charge in [-0.1, -0.05) is 18.2 Å². The molecule has 0 bridgehead atoms. The van der Waals surface area contributed by atoms with E-state index in [4.69, 9.17) is 10.5 Å². The van der Waals surface area contributed by atoms with Crippen molar-refractivity contribution in [2.24, 2.45) is 5.73 Å². The number of ether oxygens (including phenoxy) is 1. The molecule has 2 amide bonds. The SMILES string of the molecule is Cc1nc2cc(C(=O)N3CCOC(C(N)=O)C3)ccc2n1-c1ccccc1. The van der Waals surface area contributed by atoms with Crippen molar-refractivity contribution in [2.75, 3.05) is 19.7 Å². The smallest absolute Gasteiger partial charge is 0.254 e. The minimum Gasteiger partial charge on any atom is -0.367 e. The van der Waals surface area contributed by atoms with Gasteiger partial charge in [0.2, 0.25) is 5.91 Å². The van der Waals surface area contributed by atoms with Crippen LogP contribution in [0.25, 0.3) is 16.7 Å². The van der Waals surface area contributed by atoms with Crippen molar-refractivity contribution >= 4 is 22.8 Å². The lowest BCUT2D eigenvalue weighted by atomic mass is 10.1. The number of nitrogens with zero attached hydrogens (tertiary/aromatic N) is 3. The van der Waals surface area contributed by atoms with Crippen LogP contribution in [0.2, 0.25) is 0 Å². The van der Waals surface area contributed by atoms with Crippen LogP contribution >= 0.6 is 0 Å². The first-order valence-electron chi connectivity index (χ1n) is 8.79. The second-order valence-electron chi connectivity index (χ2n) is 6.55. The van der Waals surface area contributed by atoms with Gasteiger partial charge in [0.25, 0.3) is 5.91 Å². The predicted octanol–water partition coefficient (Wildman–Crippen LogP) is 1.66. The normalized spacial score (nSPS) is 17.2. The summed E-state index contributed by atoms with van der Waals surface area (Å²) in [5.74, 6) is 0.138. The minimum absolute atomic E-state index is 0.154. The number of aryl methyl sites for hydroxylation is 1. The van der Waals surface area contributed by atoms with Gasteiger partial charge in [-0.25, -0.2) is 4.98 Å². The average molecular weight is 364 g/mol. The minimum atomic E-state index is -0.758. The van der Waals surface area contributed by atoms with Gasteiger partial charge in [-0.2, -0.15) is 0 Å². The number of primary amides is 1. The standard InChI is InChI=1S/C20H20N4O3/c1-13-22-16-11-14(20(26)23-9-10-27-18(12-23)19(21)25)7-8-17(16)24(13)15-5-3-2-4-6-15/h2-8,11,18H,9-10,12H2,1H3,(H2,21,25). The van der Waals surface area contributed by atoms with Crippen molar-refractivity contribution < 1.29 is 14.3 Å². The van der Waals surface area contributed by atoms with E-state index >= 15 is 0 Å². The van der Waals surface area contributed by atoms with Crippen molar-refractivity contribution in [3.05, 3.63) is 59.9 Å². The Morgan fingerprint density at radius 1 is 1.19 bits per heavy atom. The van der Waals surface area contributed by atoms with Crippen molar-refractivity contribution in [1.82, 2.24) is 14.5 Å². The zero-order valence-electron chi connectivity index (χ0n) is 15.0. The summed E-state index contributed by atoms with van der Waals surface area (Å²) >= 11 is 0. The van der Waals surface area contributed by atoms with Crippen LogP contribution < -0.4 is 5.73 Å². The third kappa shape index (κ3) is 3.17. The molecule has 2 N–H and O–H groups in total. The lowest BCUT2D eigenvalue weighted by molar-refractivity contribution is -0.133. The molecule has 0 aliphatic carbocycles. The second kappa shape index (κ2) is 6.85. The number of fused-ring (bicyclic) bond motifs is 1. The van der Waals surface area contributed by atoms with Crippen LogP contribution in [0, 0.1) is 6.92 Å². The molecule has 0 spiro atoms. The first-order valence-corrected chi connectivity index (χ1v) is 8.79. The van der Waals surface area contributed by atoms with Gasteiger partial charge in [-0.3, -0.25) is 14.2 Å². The molecule has 27 heavy (non-hydrogen) atoms. The highest BCUT2D eigenvalue weighted by molar-refractivity contribution is 5.98. The first kappa shape index (κ1) is 17.2. The monoisotopic (exact) mass is 364 g/mol. The van der Waals surface area contributed by atoms with E-state index in [2.05, 4.69) is 9.55 Å². The maximum atomic E-state index is 12.9. The van der Waals surface area contributed by atoms with Crippen LogP contribution in [0.4, 0.5) is 0 Å². The lowest BCUT2D eigenvalue weighted by Crippen LogP contribution is -2.50. The Morgan fingerprint density at radius 2 is 1.96 bits per heavy atom. The number of benzene rings is 2. The Balaban J connectivity index is 1.66. The highest BCUT2D eigenvalue weighted by Crippen LogP contribution is 2.23. The molecule has 3 aromatic rings. The van der Waals surface area contributed by atoms with E-state index in [9.17, 15) is 9.59 Å². The number of aromatic nitrogens is 2. The molecule has 2 heterocycles. The molecule has 2 aromatic carbocycles. The molecule has 1 aliphatic heterocycles. The van der Waals surface area contributed by atoms with E-state index < -0.39 is 12.0 Å². The number of imidazole rings is 1. The lowest BCUT2D eigenvalue weighted by Gasteiger charge is -2.31. The Hall–Kier alpha value is -3.19. The summed E-state index contributed by atoms with van der Waals surface area (Å²) in [4.78, 5) is 30.4. The summed E-state index contributed by atoms with van der Waals surface area (Å²) in [6.45, 7) is 2.83. The third-order valence-electron chi connectivity index (χ3n) is 4.75. The van der Waals surface area contributed by atoms with Crippen molar-refractivity contribution in [1.29, 1.82) is 0 Å². The maximum Gasteiger partial charge on any atom is 0.254 e. The molecule has 1 atom stereocenters. The van der Waals surface area contributed by atoms with E-state index in [0.29, 0.717) is 18.7 Å². The molecule has 1 fully saturated rings. The number of hydrogen-bond donors (Lipinski definition) is 1. The van der Waals surface area contributed by atoms with E-state index in [0.717, 1.165) is 22.5 Å². The molecule has 0 radical (unpaired) electrons. The fourth-order valence-electron chi connectivity index (χ4n) is 3.43. The van der Waals surface area contributed by atoms with Gasteiger partial charge in [0.15, 0.2) is 6.10 Å². The molecular formula is C20H20N4O3. The second-order valence-corrected chi connectivity index (χ2v) is 6.55. The zero-order valence-corrected chi connectivity index (χ0v) is 15.0. The number of amides is 2.